The lowest BCUT2D eigenvalue weighted by molar-refractivity contribution is -0.123. The van der Waals surface area contributed by atoms with Crippen molar-refractivity contribution in [3.05, 3.63) is 58.6 Å². The monoisotopic (exact) mass is 445 g/mol. The molecule has 0 spiro atoms. The summed E-state index contributed by atoms with van der Waals surface area (Å²) in [5, 5.41) is 7.31. The number of hydrazone groups is 1. The molecule has 0 fully saturated rings. The van der Waals surface area contributed by atoms with Crippen LogP contribution in [0.25, 0.3) is 0 Å². The quantitative estimate of drug-likeness (QED) is 0.426. The van der Waals surface area contributed by atoms with Crippen LogP contribution in [0.4, 0.5) is 0 Å². The Kier molecular flexibility index (Phi) is 9.34. The first-order chi connectivity index (χ1) is 14.8. The third-order valence-corrected chi connectivity index (χ3v) is 4.63. The number of nitrogens with one attached hydrogen (secondary N) is 2. The van der Waals surface area contributed by atoms with Gasteiger partial charge in [0.1, 0.15) is 17.5 Å². The van der Waals surface area contributed by atoms with Crippen LogP contribution in [0.5, 0.6) is 11.5 Å². The molecule has 166 valence electrons. The highest BCUT2D eigenvalue weighted by molar-refractivity contribution is 6.30. The van der Waals surface area contributed by atoms with Crippen LogP contribution in [-0.2, 0) is 4.79 Å². The molecule has 2 N–H and O–H groups in total. The van der Waals surface area contributed by atoms with Gasteiger partial charge in [0.15, 0.2) is 0 Å². The fourth-order valence-corrected chi connectivity index (χ4v) is 2.88. The van der Waals surface area contributed by atoms with Gasteiger partial charge in [-0.25, -0.2) is 5.43 Å². The van der Waals surface area contributed by atoms with Crippen LogP contribution in [0.2, 0.25) is 5.02 Å². The first kappa shape index (κ1) is 24.2. The Balaban J connectivity index is 2.05. The van der Waals surface area contributed by atoms with Crippen molar-refractivity contribution in [2.24, 2.45) is 11.0 Å². The van der Waals surface area contributed by atoms with Crippen LogP contribution >= 0.6 is 11.6 Å². The lowest BCUT2D eigenvalue weighted by Crippen LogP contribution is -2.48. The van der Waals surface area contributed by atoms with Gasteiger partial charge in [-0.15, -0.1) is 0 Å². The van der Waals surface area contributed by atoms with Crippen molar-refractivity contribution in [1.82, 2.24) is 10.7 Å². The van der Waals surface area contributed by atoms with Gasteiger partial charge in [-0.2, -0.15) is 5.10 Å². The second-order valence-electron chi connectivity index (χ2n) is 7.19. The van der Waals surface area contributed by atoms with Crippen molar-refractivity contribution in [1.29, 1.82) is 0 Å². The number of carbonyl (C=O) groups excluding carboxylic acids is 2. The summed E-state index contributed by atoms with van der Waals surface area (Å²) >= 11 is 6.06. The van der Waals surface area contributed by atoms with Crippen molar-refractivity contribution < 1.29 is 19.1 Å². The van der Waals surface area contributed by atoms with E-state index in [9.17, 15) is 9.59 Å². The van der Waals surface area contributed by atoms with Crippen LogP contribution in [0.15, 0.2) is 47.6 Å². The van der Waals surface area contributed by atoms with E-state index in [2.05, 4.69) is 15.8 Å². The van der Waals surface area contributed by atoms with Crippen LogP contribution in [0.3, 0.4) is 0 Å². The number of methoxy groups -OCH3 is 1. The average molecular weight is 446 g/mol. The first-order valence-electron chi connectivity index (χ1n) is 10.1. The van der Waals surface area contributed by atoms with Gasteiger partial charge in [0.05, 0.1) is 19.9 Å². The van der Waals surface area contributed by atoms with Crippen LogP contribution in [0.1, 0.15) is 43.1 Å². The lowest BCUT2D eigenvalue weighted by atomic mass is 10.0. The molecule has 2 aromatic carbocycles. The number of amides is 2. The Morgan fingerprint density at radius 2 is 1.87 bits per heavy atom. The zero-order valence-corrected chi connectivity index (χ0v) is 18.9. The summed E-state index contributed by atoms with van der Waals surface area (Å²) in [6.07, 6.45) is 2.33. The SMILES string of the molecule is CCCOc1ccc(Cl)cc1C=NNC(=O)C(NC(=O)c1ccc(OC)cc1)C(C)C. The molecule has 0 saturated heterocycles. The maximum absolute atomic E-state index is 12.6. The molecule has 1 atom stereocenters. The van der Waals surface area contributed by atoms with Crippen LogP contribution in [0, 0.1) is 5.92 Å². The Labute approximate surface area is 187 Å². The molecule has 0 radical (unpaired) electrons. The number of hydrogen-bond acceptors (Lipinski definition) is 5. The molecule has 0 aliphatic carbocycles. The van der Waals surface area contributed by atoms with Crippen molar-refractivity contribution in [3.8, 4) is 11.5 Å². The topological polar surface area (TPSA) is 89.0 Å². The van der Waals surface area contributed by atoms with E-state index in [-0.39, 0.29) is 11.8 Å². The highest BCUT2D eigenvalue weighted by atomic mass is 35.5. The largest absolute Gasteiger partial charge is 0.497 e. The number of ether oxygens (including phenoxy) is 2. The van der Waals surface area contributed by atoms with E-state index < -0.39 is 11.9 Å². The summed E-state index contributed by atoms with van der Waals surface area (Å²) in [6, 6.07) is 11.1. The smallest absolute Gasteiger partial charge is 0.262 e. The van der Waals surface area contributed by atoms with Gasteiger partial charge in [0.2, 0.25) is 0 Å². The molecule has 2 rings (SSSR count). The summed E-state index contributed by atoms with van der Waals surface area (Å²) in [5.41, 5.74) is 3.56. The highest BCUT2D eigenvalue weighted by Crippen LogP contribution is 2.21. The number of benzene rings is 2. The summed E-state index contributed by atoms with van der Waals surface area (Å²) in [7, 11) is 1.55. The van der Waals surface area contributed by atoms with E-state index in [4.69, 9.17) is 21.1 Å². The number of rotatable bonds is 10. The maximum Gasteiger partial charge on any atom is 0.262 e. The zero-order chi connectivity index (χ0) is 22.8. The molecular formula is C23H28ClN3O4. The van der Waals surface area contributed by atoms with Gasteiger partial charge < -0.3 is 14.8 Å². The van der Waals surface area contributed by atoms with E-state index in [1.807, 2.05) is 20.8 Å². The van der Waals surface area contributed by atoms with Crippen molar-refractivity contribution in [2.75, 3.05) is 13.7 Å². The summed E-state index contributed by atoms with van der Waals surface area (Å²) in [5.74, 6) is 0.341. The number of hydrogen-bond donors (Lipinski definition) is 2. The second kappa shape index (κ2) is 12.0. The molecule has 0 aliphatic rings. The fraction of sp³-hybridized carbons (Fsp3) is 0.348. The second-order valence-corrected chi connectivity index (χ2v) is 7.62. The number of carbonyl (C=O) groups is 2. The zero-order valence-electron chi connectivity index (χ0n) is 18.1. The minimum Gasteiger partial charge on any atom is -0.497 e. The van der Waals surface area contributed by atoms with E-state index in [0.717, 1.165) is 6.42 Å². The predicted octanol–water partition coefficient (Wildman–Crippen LogP) is 4.04. The third-order valence-electron chi connectivity index (χ3n) is 4.40. The van der Waals surface area contributed by atoms with Gasteiger partial charge in [-0.1, -0.05) is 32.4 Å². The van der Waals surface area contributed by atoms with Crippen LogP contribution < -0.4 is 20.2 Å². The van der Waals surface area contributed by atoms with Crippen molar-refractivity contribution in [2.45, 2.75) is 33.2 Å². The van der Waals surface area contributed by atoms with Gasteiger partial charge in [-0.3, -0.25) is 9.59 Å². The predicted molar refractivity (Wildman–Crippen MR) is 122 cm³/mol. The molecule has 0 bridgehead atoms. The minimum atomic E-state index is -0.762. The molecule has 0 saturated carbocycles. The normalized spacial score (nSPS) is 11.9. The lowest BCUT2D eigenvalue weighted by Gasteiger charge is -2.20. The molecule has 2 aromatic rings. The van der Waals surface area contributed by atoms with E-state index in [1.165, 1.54) is 6.21 Å². The summed E-state index contributed by atoms with van der Waals surface area (Å²) in [4.78, 5) is 25.2. The molecule has 31 heavy (non-hydrogen) atoms. The fourth-order valence-electron chi connectivity index (χ4n) is 2.70. The Morgan fingerprint density at radius 3 is 2.48 bits per heavy atom. The average Bonchev–Trinajstić information content (AvgIpc) is 2.76. The van der Waals surface area contributed by atoms with E-state index in [1.54, 1.807) is 49.6 Å². The standard InChI is InChI=1S/C23H28ClN3O4/c1-5-12-31-20-11-8-18(24)13-17(20)14-25-27-23(29)21(15(2)3)26-22(28)16-6-9-19(30-4)10-7-16/h6-11,13-15,21H,5,12H2,1-4H3,(H,26,28)(H,27,29). The Bertz CT molecular complexity index is 914. The molecule has 0 aromatic heterocycles. The van der Waals surface area contributed by atoms with E-state index >= 15 is 0 Å². The van der Waals surface area contributed by atoms with Gasteiger partial charge in [0.25, 0.3) is 11.8 Å². The minimum absolute atomic E-state index is 0.146. The van der Waals surface area contributed by atoms with Crippen molar-refractivity contribution in [3.63, 3.8) is 0 Å². The van der Waals surface area contributed by atoms with Gasteiger partial charge >= 0.3 is 0 Å². The molecule has 7 nitrogen and oxygen atoms in total. The van der Waals surface area contributed by atoms with E-state index in [0.29, 0.717) is 34.3 Å². The molecular weight excluding hydrogens is 418 g/mol. The van der Waals surface area contributed by atoms with Crippen molar-refractivity contribution >= 4 is 29.6 Å². The molecule has 1 unspecified atom stereocenters. The molecule has 0 heterocycles. The Morgan fingerprint density at radius 1 is 1.16 bits per heavy atom. The van der Waals surface area contributed by atoms with Crippen LogP contribution in [-0.4, -0.2) is 37.8 Å². The Hall–Kier alpha value is -3.06. The van der Waals surface area contributed by atoms with Gasteiger partial charge in [0, 0.05) is 16.1 Å². The summed E-state index contributed by atoms with van der Waals surface area (Å²) < 4.78 is 10.8. The summed E-state index contributed by atoms with van der Waals surface area (Å²) in [6.45, 7) is 6.25. The first-order valence-corrected chi connectivity index (χ1v) is 10.4. The number of nitrogens with zero attached hydrogens (tertiary/aromatic N) is 1. The number of halogens is 1. The van der Waals surface area contributed by atoms with Gasteiger partial charge in [-0.05, 0) is 54.8 Å². The highest BCUT2D eigenvalue weighted by Gasteiger charge is 2.24. The maximum atomic E-state index is 12.6. The molecule has 0 aliphatic heterocycles. The molecule has 2 amide bonds. The molecule has 8 heteroatoms. The third kappa shape index (κ3) is 7.29.